The number of nitrogens with two attached hydrogens (primary N) is 1. The van der Waals surface area contributed by atoms with Crippen LogP contribution in [0.5, 0.6) is 0 Å². The third-order valence-corrected chi connectivity index (χ3v) is 3.65. The van der Waals surface area contributed by atoms with E-state index in [4.69, 9.17) is 5.73 Å². The van der Waals surface area contributed by atoms with Crippen molar-refractivity contribution < 1.29 is 0 Å². The van der Waals surface area contributed by atoms with E-state index in [1.807, 2.05) is 0 Å². The summed E-state index contributed by atoms with van der Waals surface area (Å²) >= 11 is 0. The number of rotatable bonds is 3. The number of nitrogens with zero attached hydrogens (tertiary/aromatic N) is 1. The first-order chi connectivity index (χ1) is 6.52. The molecular formula is C12H26N2. The maximum atomic E-state index is 6.13. The lowest BCUT2D eigenvalue weighted by Crippen LogP contribution is -2.50. The van der Waals surface area contributed by atoms with Crippen molar-refractivity contribution in [2.45, 2.75) is 65.1 Å². The van der Waals surface area contributed by atoms with Gasteiger partial charge >= 0.3 is 0 Å². The fraction of sp³-hybridized carbons (Fsp3) is 1.00. The highest BCUT2D eigenvalue weighted by Crippen LogP contribution is 2.22. The number of likely N-dealkylation sites (tertiary alicyclic amines) is 1. The van der Waals surface area contributed by atoms with E-state index in [1.54, 1.807) is 0 Å². The Morgan fingerprint density at radius 1 is 1.21 bits per heavy atom. The van der Waals surface area contributed by atoms with Gasteiger partial charge in [0, 0.05) is 24.7 Å². The quantitative estimate of drug-likeness (QED) is 0.753. The molecule has 0 bridgehead atoms. The van der Waals surface area contributed by atoms with E-state index in [0.29, 0.717) is 12.0 Å². The van der Waals surface area contributed by atoms with Gasteiger partial charge in [0.2, 0.25) is 0 Å². The van der Waals surface area contributed by atoms with Crippen LogP contribution in [0.2, 0.25) is 0 Å². The Labute approximate surface area is 88.8 Å². The van der Waals surface area contributed by atoms with Gasteiger partial charge in [-0.05, 0) is 32.6 Å². The van der Waals surface area contributed by atoms with Crippen molar-refractivity contribution in [2.75, 3.05) is 6.54 Å². The number of piperidine rings is 1. The smallest absolute Gasteiger partial charge is 0.0191 e. The highest BCUT2D eigenvalue weighted by Gasteiger charge is 2.26. The minimum atomic E-state index is 0.331. The first-order valence-corrected chi connectivity index (χ1v) is 6.03. The van der Waals surface area contributed by atoms with Crippen LogP contribution in [0.15, 0.2) is 0 Å². The molecule has 0 radical (unpaired) electrons. The molecule has 1 aliphatic heterocycles. The van der Waals surface area contributed by atoms with Crippen molar-refractivity contribution in [3.8, 4) is 0 Å². The Bertz CT molecular complexity index is 158. The van der Waals surface area contributed by atoms with E-state index in [1.165, 1.54) is 19.3 Å². The highest BCUT2D eigenvalue weighted by atomic mass is 15.2. The summed E-state index contributed by atoms with van der Waals surface area (Å²) in [7, 11) is 0. The second kappa shape index (κ2) is 5.13. The monoisotopic (exact) mass is 198 g/mol. The molecule has 0 aromatic carbocycles. The highest BCUT2D eigenvalue weighted by molar-refractivity contribution is 4.83. The molecule has 1 rings (SSSR count). The van der Waals surface area contributed by atoms with Crippen LogP contribution >= 0.6 is 0 Å². The van der Waals surface area contributed by atoms with Crippen molar-refractivity contribution in [3.05, 3.63) is 0 Å². The van der Waals surface area contributed by atoms with Crippen LogP contribution in [-0.2, 0) is 0 Å². The predicted octanol–water partition coefficient (Wildman–Crippen LogP) is 2.23. The molecule has 14 heavy (non-hydrogen) atoms. The van der Waals surface area contributed by atoms with E-state index in [-0.39, 0.29) is 0 Å². The normalized spacial score (nSPS) is 32.1. The van der Waals surface area contributed by atoms with Gasteiger partial charge in [-0.25, -0.2) is 0 Å². The lowest BCUT2D eigenvalue weighted by Gasteiger charge is -2.41. The molecular weight excluding hydrogens is 172 g/mol. The average Bonchev–Trinajstić information content (AvgIpc) is 2.11. The van der Waals surface area contributed by atoms with Gasteiger partial charge in [-0.15, -0.1) is 0 Å². The Balaban J connectivity index is 2.47. The third kappa shape index (κ3) is 2.96. The summed E-state index contributed by atoms with van der Waals surface area (Å²) in [5.74, 6) is 0.594. The number of hydrogen-bond acceptors (Lipinski definition) is 2. The van der Waals surface area contributed by atoms with Gasteiger partial charge in [0.15, 0.2) is 0 Å². The molecule has 0 aliphatic carbocycles. The number of hydrogen-bond donors (Lipinski definition) is 1. The molecule has 2 heteroatoms. The molecule has 0 aromatic heterocycles. The topological polar surface area (TPSA) is 29.3 Å². The molecule has 3 atom stereocenters. The summed E-state index contributed by atoms with van der Waals surface area (Å²) in [6.07, 6.45) is 4.07. The van der Waals surface area contributed by atoms with Gasteiger partial charge in [-0.2, -0.15) is 0 Å². The van der Waals surface area contributed by atoms with Crippen LogP contribution in [0.25, 0.3) is 0 Å². The zero-order valence-corrected chi connectivity index (χ0v) is 10.2. The Kier molecular flexibility index (Phi) is 4.39. The van der Waals surface area contributed by atoms with Gasteiger partial charge in [0.25, 0.3) is 0 Å². The summed E-state index contributed by atoms with van der Waals surface area (Å²) in [4.78, 5) is 2.59. The fourth-order valence-electron chi connectivity index (χ4n) is 2.29. The maximum Gasteiger partial charge on any atom is 0.0191 e. The van der Waals surface area contributed by atoms with Crippen molar-refractivity contribution in [2.24, 2.45) is 11.7 Å². The lowest BCUT2D eigenvalue weighted by atomic mass is 9.95. The van der Waals surface area contributed by atoms with E-state index in [0.717, 1.165) is 18.6 Å². The van der Waals surface area contributed by atoms with Crippen molar-refractivity contribution in [1.82, 2.24) is 4.90 Å². The van der Waals surface area contributed by atoms with Gasteiger partial charge in [-0.1, -0.05) is 20.3 Å². The summed E-state index contributed by atoms with van der Waals surface area (Å²) in [6, 6.07) is 1.78. The Morgan fingerprint density at radius 2 is 1.71 bits per heavy atom. The largest absolute Gasteiger partial charge is 0.326 e. The zero-order valence-electron chi connectivity index (χ0n) is 10.2. The SMILES string of the molecule is CC(C)C(N)CN1[C@H](C)CCC[C@@H]1C. The molecule has 0 saturated carbocycles. The third-order valence-electron chi connectivity index (χ3n) is 3.65. The molecule has 1 unspecified atom stereocenters. The van der Waals surface area contributed by atoms with Crippen molar-refractivity contribution in [1.29, 1.82) is 0 Å². The first kappa shape index (κ1) is 12.0. The average molecular weight is 198 g/mol. The second-order valence-corrected chi connectivity index (χ2v) is 5.23. The van der Waals surface area contributed by atoms with E-state index < -0.39 is 0 Å². The van der Waals surface area contributed by atoms with Crippen molar-refractivity contribution in [3.63, 3.8) is 0 Å². The molecule has 0 aromatic rings. The van der Waals surface area contributed by atoms with Gasteiger partial charge in [0.05, 0.1) is 0 Å². The van der Waals surface area contributed by atoms with Gasteiger partial charge < -0.3 is 5.73 Å². The van der Waals surface area contributed by atoms with E-state index in [9.17, 15) is 0 Å². The standard InChI is InChI=1S/C12H26N2/c1-9(2)12(13)8-14-10(3)6-5-7-11(14)4/h9-12H,5-8,13H2,1-4H3/t10-,11+,12?. The van der Waals surface area contributed by atoms with E-state index in [2.05, 4.69) is 32.6 Å². The molecule has 2 nitrogen and oxygen atoms in total. The predicted molar refractivity (Wildman–Crippen MR) is 62.3 cm³/mol. The molecule has 1 fully saturated rings. The van der Waals surface area contributed by atoms with Crippen LogP contribution < -0.4 is 5.73 Å². The Morgan fingerprint density at radius 3 is 2.14 bits per heavy atom. The molecule has 0 spiro atoms. The molecule has 2 N–H and O–H groups in total. The van der Waals surface area contributed by atoms with Gasteiger partial charge in [0.1, 0.15) is 0 Å². The van der Waals surface area contributed by atoms with Crippen molar-refractivity contribution >= 4 is 0 Å². The van der Waals surface area contributed by atoms with Gasteiger partial charge in [-0.3, -0.25) is 4.90 Å². The molecule has 1 heterocycles. The zero-order chi connectivity index (χ0) is 10.7. The van der Waals surface area contributed by atoms with Crippen LogP contribution in [0.4, 0.5) is 0 Å². The van der Waals surface area contributed by atoms with Crippen LogP contribution in [-0.4, -0.2) is 29.6 Å². The summed E-state index contributed by atoms with van der Waals surface area (Å²) in [6.45, 7) is 10.2. The van der Waals surface area contributed by atoms with Crippen LogP contribution in [0, 0.1) is 5.92 Å². The molecule has 1 aliphatic rings. The molecule has 84 valence electrons. The van der Waals surface area contributed by atoms with Crippen LogP contribution in [0.3, 0.4) is 0 Å². The molecule has 0 amide bonds. The Hall–Kier alpha value is -0.0800. The summed E-state index contributed by atoms with van der Waals surface area (Å²) in [5.41, 5.74) is 6.13. The maximum absolute atomic E-state index is 6.13. The minimum Gasteiger partial charge on any atom is -0.326 e. The second-order valence-electron chi connectivity index (χ2n) is 5.23. The lowest BCUT2D eigenvalue weighted by molar-refractivity contribution is 0.0901. The van der Waals surface area contributed by atoms with E-state index >= 15 is 0 Å². The molecule has 1 saturated heterocycles. The first-order valence-electron chi connectivity index (χ1n) is 6.03. The minimum absolute atomic E-state index is 0.331. The fourth-order valence-corrected chi connectivity index (χ4v) is 2.29. The summed E-state index contributed by atoms with van der Waals surface area (Å²) < 4.78 is 0. The summed E-state index contributed by atoms with van der Waals surface area (Å²) in [5, 5.41) is 0. The van der Waals surface area contributed by atoms with Crippen LogP contribution in [0.1, 0.15) is 47.0 Å².